The van der Waals surface area contributed by atoms with Crippen molar-refractivity contribution in [3.8, 4) is 0 Å². The fraction of sp³-hybridized carbons (Fsp3) is 0.560. The summed E-state index contributed by atoms with van der Waals surface area (Å²) in [5.74, 6) is -4.08. The van der Waals surface area contributed by atoms with Gasteiger partial charge in [-0.1, -0.05) is 6.07 Å². The Morgan fingerprint density at radius 1 is 1.17 bits per heavy atom. The zero-order valence-corrected chi connectivity index (χ0v) is 19.9. The van der Waals surface area contributed by atoms with Crippen molar-refractivity contribution >= 4 is 34.3 Å². The third kappa shape index (κ3) is 4.52. The molecule has 0 bridgehead atoms. The average Bonchev–Trinajstić information content (AvgIpc) is 2.82. The van der Waals surface area contributed by atoms with Gasteiger partial charge in [0.15, 0.2) is 0 Å². The van der Waals surface area contributed by atoms with E-state index in [0.717, 1.165) is 0 Å². The van der Waals surface area contributed by atoms with Crippen molar-refractivity contribution in [2.45, 2.75) is 75.9 Å². The van der Waals surface area contributed by atoms with E-state index in [1.807, 2.05) is 0 Å². The molecule has 11 heteroatoms. The maximum Gasteiger partial charge on any atom is 0.264 e. The summed E-state index contributed by atoms with van der Waals surface area (Å²) in [7, 11) is 0. The van der Waals surface area contributed by atoms with Crippen LogP contribution in [0.3, 0.4) is 0 Å². The van der Waals surface area contributed by atoms with Gasteiger partial charge >= 0.3 is 0 Å². The van der Waals surface area contributed by atoms with E-state index in [4.69, 9.17) is 4.74 Å². The monoisotopic (exact) mass is 502 g/mol. The number of amides is 3. The number of ether oxygens (including phenoxy) is 1. The molecule has 1 aliphatic carbocycles. The lowest BCUT2D eigenvalue weighted by Gasteiger charge is -2.44. The summed E-state index contributed by atoms with van der Waals surface area (Å²) in [4.78, 5) is 55.4. The molecule has 2 atom stereocenters. The zero-order valence-electron chi connectivity index (χ0n) is 19.9. The minimum atomic E-state index is -2.69. The number of carbonyl (C=O) groups excluding carboxylic acids is 3. The fourth-order valence-corrected chi connectivity index (χ4v) is 5.66. The number of halogens is 2. The van der Waals surface area contributed by atoms with Gasteiger partial charge < -0.3 is 10.1 Å². The van der Waals surface area contributed by atoms with E-state index in [-0.39, 0.29) is 61.4 Å². The van der Waals surface area contributed by atoms with E-state index in [9.17, 15) is 28.0 Å². The van der Waals surface area contributed by atoms with Crippen molar-refractivity contribution < 1.29 is 27.9 Å². The van der Waals surface area contributed by atoms with Crippen LogP contribution in [0.1, 0.15) is 63.2 Å². The van der Waals surface area contributed by atoms with Gasteiger partial charge in [-0.05, 0) is 51.2 Å². The van der Waals surface area contributed by atoms with E-state index in [2.05, 4.69) is 15.6 Å². The Morgan fingerprint density at radius 2 is 1.92 bits per heavy atom. The lowest BCUT2D eigenvalue weighted by molar-refractivity contribution is -0.164. The standard InChI is InChI=1S/C25H28F2N4O5/c1-14-28-16-3-2-4-17(20(16)23(35)31(14)18-5-6-19(32)30-22(18)34)29-21(33)15-7-12-36-24(13-15)8-10-25(26,27)11-9-24/h2-4,15,18H,5-13H2,1H3,(H,29,33)(H,30,32,34). The second kappa shape index (κ2) is 9.02. The van der Waals surface area contributed by atoms with Crippen LogP contribution >= 0.6 is 0 Å². The average molecular weight is 503 g/mol. The van der Waals surface area contributed by atoms with Gasteiger partial charge in [0.2, 0.25) is 23.6 Å². The normalized spacial score (nSPS) is 25.5. The predicted octanol–water partition coefficient (Wildman–Crippen LogP) is 3.00. The van der Waals surface area contributed by atoms with Gasteiger partial charge in [0.1, 0.15) is 11.9 Å². The smallest absolute Gasteiger partial charge is 0.264 e. The Morgan fingerprint density at radius 3 is 2.64 bits per heavy atom. The molecular formula is C25H28F2N4O5. The number of benzene rings is 1. The molecule has 0 radical (unpaired) electrons. The van der Waals surface area contributed by atoms with Gasteiger partial charge in [-0.2, -0.15) is 0 Å². The van der Waals surface area contributed by atoms with Crippen molar-refractivity contribution in [2.24, 2.45) is 5.92 Å². The van der Waals surface area contributed by atoms with Crippen LogP contribution < -0.4 is 16.2 Å². The summed E-state index contributed by atoms with van der Waals surface area (Å²) in [6.45, 7) is 1.92. The molecule has 3 heterocycles. The highest BCUT2D eigenvalue weighted by atomic mass is 19.3. The van der Waals surface area contributed by atoms with Crippen molar-refractivity contribution in [2.75, 3.05) is 11.9 Å². The first-order chi connectivity index (χ1) is 17.1. The number of rotatable bonds is 3. The van der Waals surface area contributed by atoms with Crippen LogP contribution in [-0.4, -0.2) is 45.4 Å². The second-order valence-electron chi connectivity index (χ2n) is 10.1. The molecule has 2 unspecified atom stereocenters. The second-order valence-corrected chi connectivity index (χ2v) is 10.1. The molecule has 9 nitrogen and oxygen atoms in total. The van der Waals surface area contributed by atoms with Gasteiger partial charge in [0.25, 0.3) is 5.56 Å². The number of anilines is 1. The van der Waals surface area contributed by atoms with Gasteiger partial charge in [-0.25, -0.2) is 13.8 Å². The zero-order chi connectivity index (χ0) is 25.7. The molecule has 1 saturated carbocycles. The lowest BCUT2D eigenvalue weighted by Crippen LogP contribution is -2.47. The predicted molar refractivity (Wildman–Crippen MR) is 126 cm³/mol. The topological polar surface area (TPSA) is 119 Å². The molecule has 3 aliphatic rings. The number of hydrogen-bond acceptors (Lipinski definition) is 6. The first-order valence-corrected chi connectivity index (χ1v) is 12.3. The Balaban J connectivity index is 1.42. The number of piperidine rings is 1. The Hall–Kier alpha value is -3.21. The molecule has 2 aliphatic heterocycles. The van der Waals surface area contributed by atoms with Crippen molar-refractivity contribution in [1.29, 1.82) is 0 Å². The molecule has 2 aromatic rings. The quantitative estimate of drug-likeness (QED) is 0.623. The summed E-state index contributed by atoms with van der Waals surface area (Å²) < 4.78 is 34.6. The van der Waals surface area contributed by atoms with E-state index >= 15 is 0 Å². The Labute approximate surface area is 205 Å². The number of fused-ring (bicyclic) bond motifs is 1. The highest BCUT2D eigenvalue weighted by Gasteiger charge is 2.47. The van der Waals surface area contributed by atoms with Crippen LogP contribution in [0.15, 0.2) is 23.0 Å². The fourth-order valence-electron chi connectivity index (χ4n) is 5.66. The largest absolute Gasteiger partial charge is 0.375 e. The summed E-state index contributed by atoms with van der Waals surface area (Å²) in [5.41, 5.74) is -0.567. The van der Waals surface area contributed by atoms with Crippen LogP contribution in [-0.2, 0) is 19.1 Å². The third-order valence-electron chi connectivity index (χ3n) is 7.64. The van der Waals surface area contributed by atoms with Gasteiger partial charge in [0.05, 0.1) is 22.2 Å². The molecule has 192 valence electrons. The third-order valence-corrected chi connectivity index (χ3v) is 7.64. The molecule has 36 heavy (non-hydrogen) atoms. The maximum atomic E-state index is 13.7. The van der Waals surface area contributed by atoms with Crippen LogP contribution in [0.25, 0.3) is 10.9 Å². The molecule has 2 saturated heterocycles. The minimum absolute atomic E-state index is 0.107. The summed E-state index contributed by atoms with van der Waals surface area (Å²) in [5, 5.41) is 5.28. The summed E-state index contributed by atoms with van der Waals surface area (Å²) in [6, 6.07) is 4.05. The van der Waals surface area contributed by atoms with Crippen LogP contribution in [0, 0.1) is 12.8 Å². The number of aromatic nitrogens is 2. The summed E-state index contributed by atoms with van der Waals surface area (Å²) in [6.07, 6.45) is 0.984. The first-order valence-electron chi connectivity index (χ1n) is 12.3. The molecule has 1 aromatic carbocycles. The van der Waals surface area contributed by atoms with Crippen LogP contribution in [0.4, 0.5) is 14.5 Å². The van der Waals surface area contributed by atoms with E-state index < -0.39 is 34.9 Å². The van der Waals surface area contributed by atoms with E-state index in [1.165, 1.54) is 4.57 Å². The number of nitrogens with one attached hydrogen (secondary N) is 2. The van der Waals surface area contributed by atoms with E-state index in [1.54, 1.807) is 25.1 Å². The molecular weight excluding hydrogens is 474 g/mol. The number of hydrogen-bond donors (Lipinski definition) is 2. The number of imide groups is 1. The number of alkyl halides is 2. The maximum absolute atomic E-state index is 13.7. The summed E-state index contributed by atoms with van der Waals surface area (Å²) >= 11 is 0. The van der Waals surface area contributed by atoms with Crippen molar-refractivity contribution in [3.63, 3.8) is 0 Å². The number of carbonyl (C=O) groups is 3. The lowest BCUT2D eigenvalue weighted by atomic mass is 9.74. The molecule has 1 aromatic heterocycles. The van der Waals surface area contributed by atoms with Crippen LogP contribution in [0.5, 0.6) is 0 Å². The van der Waals surface area contributed by atoms with Gasteiger partial charge in [0, 0.05) is 31.8 Å². The minimum Gasteiger partial charge on any atom is -0.375 e. The number of nitrogens with zero attached hydrogens (tertiary/aromatic N) is 2. The van der Waals surface area contributed by atoms with E-state index in [0.29, 0.717) is 30.8 Å². The molecule has 5 rings (SSSR count). The SMILES string of the molecule is Cc1nc2cccc(NC(=O)C3CCOC4(CCC(F)(F)CC4)C3)c2c(=O)n1C1CCC(=O)NC1=O. The Kier molecular flexibility index (Phi) is 6.14. The number of aryl methyl sites for hydroxylation is 1. The van der Waals surface area contributed by atoms with Gasteiger partial charge in [-0.3, -0.25) is 29.1 Å². The molecule has 2 N–H and O–H groups in total. The molecule has 1 spiro atoms. The highest BCUT2D eigenvalue weighted by molar-refractivity contribution is 6.02. The van der Waals surface area contributed by atoms with Crippen LogP contribution in [0.2, 0.25) is 0 Å². The van der Waals surface area contributed by atoms with Gasteiger partial charge in [-0.15, -0.1) is 0 Å². The molecule has 3 amide bonds. The first kappa shape index (κ1) is 24.5. The van der Waals surface area contributed by atoms with Crippen molar-refractivity contribution in [3.05, 3.63) is 34.4 Å². The Bertz CT molecular complexity index is 1300. The molecule has 3 fully saturated rings. The highest BCUT2D eigenvalue weighted by Crippen LogP contribution is 2.46. The van der Waals surface area contributed by atoms with Crippen molar-refractivity contribution in [1.82, 2.24) is 14.9 Å².